The van der Waals surface area contributed by atoms with E-state index < -0.39 is 6.17 Å². The number of aromatic nitrogens is 4. The van der Waals surface area contributed by atoms with E-state index in [-0.39, 0.29) is 11.6 Å². The van der Waals surface area contributed by atoms with Crippen molar-refractivity contribution in [2.24, 2.45) is 4.99 Å². The van der Waals surface area contributed by atoms with E-state index in [1.807, 2.05) is 31.3 Å². The lowest BCUT2D eigenvalue weighted by molar-refractivity contribution is -0.142. The molecule has 0 unspecified atom stereocenters. The van der Waals surface area contributed by atoms with Gasteiger partial charge in [0, 0.05) is 30.6 Å². The summed E-state index contributed by atoms with van der Waals surface area (Å²) in [6, 6.07) is 5.53. The van der Waals surface area contributed by atoms with Crippen LogP contribution in [0.4, 0.5) is 21.8 Å². The van der Waals surface area contributed by atoms with Crippen molar-refractivity contribution in [1.29, 1.82) is 0 Å². The molecule has 3 aromatic rings. The Morgan fingerprint density at radius 1 is 1.21 bits per heavy atom. The van der Waals surface area contributed by atoms with Crippen LogP contribution in [0.2, 0.25) is 0 Å². The van der Waals surface area contributed by atoms with Crippen LogP contribution in [0.3, 0.4) is 0 Å². The molecule has 3 aliphatic heterocycles. The highest BCUT2D eigenvalue weighted by atomic mass is 19.1. The largest absolute Gasteiger partial charge is 0.382 e. The van der Waals surface area contributed by atoms with Gasteiger partial charge in [0.15, 0.2) is 5.82 Å². The highest BCUT2D eigenvalue weighted by molar-refractivity contribution is 5.89. The Balaban J connectivity index is 1.23. The zero-order valence-electron chi connectivity index (χ0n) is 19.5. The zero-order valence-corrected chi connectivity index (χ0v) is 19.5. The van der Waals surface area contributed by atoms with E-state index >= 15 is 4.39 Å². The molecule has 0 bridgehead atoms. The fourth-order valence-corrected chi connectivity index (χ4v) is 5.11. The molecule has 3 aromatic heterocycles. The van der Waals surface area contributed by atoms with Crippen LogP contribution in [-0.2, 0) is 11.2 Å². The molecule has 0 saturated carbocycles. The topological polar surface area (TPSA) is 106 Å². The number of nitrogens with zero attached hydrogens (tertiary/aromatic N) is 6. The molecule has 178 valence electrons. The smallest absolute Gasteiger partial charge is 0.243 e. The number of nitrogens with two attached hydrogens (primary N) is 1. The van der Waals surface area contributed by atoms with Gasteiger partial charge >= 0.3 is 0 Å². The number of hydrogen-bond donors (Lipinski definition) is 2. The molecule has 0 radical (unpaired) electrons. The van der Waals surface area contributed by atoms with Crippen molar-refractivity contribution in [2.45, 2.75) is 50.9 Å². The standard InChI is InChI=1S/C24H29FN8O/c1-14-3-4-20-19(27-14)6-5-17(28-20)15-7-10-33-21(15)22(26)30-23(31-33)29-18-8-9-32(11-16(18)25)24(2)12-34-13-24/h5-7,10,16,18H,3-4,8-9,11-13H2,1-2H3,(H3,26,29,30,31)/t16-,18+/m1/s1. The van der Waals surface area contributed by atoms with Gasteiger partial charge in [0.2, 0.25) is 5.95 Å². The lowest BCUT2D eigenvalue weighted by Crippen LogP contribution is -2.64. The van der Waals surface area contributed by atoms with Gasteiger partial charge in [-0.1, -0.05) is 0 Å². The van der Waals surface area contributed by atoms with Crippen molar-refractivity contribution in [1.82, 2.24) is 24.5 Å². The first-order valence-electron chi connectivity index (χ1n) is 11.8. The van der Waals surface area contributed by atoms with Crippen LogP contribution in [-0.4, -0.2) is 74.2 Å². The summed E-state index contributed by atoms with van der Waals surface area (Å²) in [6.07, 6.45) is 3.26. The summed E-state index contributed by atoms with van der Waals surface area (Å²) in [6.45, 7) is 6.67. The quantitative estimate of drug-likeness (QED) is 0.611. The first-order chi connectivity index (χ1) is 16.4. The van der Waals surface area contributed by atoms with Gasteiger partial charge in [0.05, 0.1) is 41.9 Å². The van der Waals surface area contributed by atoms with Gasteiger partial charge in [-0.3, -0.25) is 14.9 Å². The van der Waals surface area contributed by atoms with E-state index in [4.69, 9.17) is 15.5 Å². The summed E-state index contributed by atoms with van der Waals surface area (Å²) in [5.41, 5.74) is 11.7. The van der Waals surface area contributed by atoms with Crippen LogP contribution in [0.5, 0.6) is 0 Å². The molecular weight excluding hydrogens is 435 g/mol. The lowest BCUT2D eigenvalue weighted by Gasteiger charge is -2.50. The van der Waals surface area contributed by atoms with Crippen LogP contribution in [0.1, 0.15) is 32.4 Å². The highest BCUT2D eigenvalue weighted by Crippen LogP contribution is 2.33. The second kappa shape index (κ2) is 7.99. The molecule has 3 N–H and O–H groups in total. The van der Waals surface area contributed by atoms with Crippen molar-refractivity contribution in [3.05, 3.63) is 30.1 Å². The van der Waals surface area contributed by atoms with Gasteiger partial charge in [-0.15, -0.1) is 5.10 Å². The maximum atomic E-state index is 15.0. The second-order valence-corrected chi connectivity index (χ2v) is 9.84. The normalized spacial score (nSPS) is 24.4. The number of nitrogens with one attached hydrogen (secondary N) is 1. The molecule has 2 saturated heterocycles. The fourth-order valence-electron chi connectivity index (χ4n) is 5.11. The summed E-state index contributed by atoms with van der Waals surface area (Å²) in [5.74, 6) is 0.660. The maximum absolute atomic E-state index is 15.0. The third-order valence-corrected chi connectivity index (χ3v) is 7.24. The van der Waals surface area contributed by atoms with Crippen molar-refractivity contribution < 1.29 is 9.13 Å². The SMILES string of the molecule is CC1=Nc2ccc(-c3ccn4nc(N[C@H]5CCN(C6(C)COC6)C[C@H]5F)nc(N)c34)nc2CC1. The minimum atomic E-state index is -1.03. The Morgan fingerprint density at radius 3 is 2.82 bits per heavy atom. The van der Waals surface area contributed by atoms with E-state index in [9.17, 15) is 0 Å². The van der Waals surface area contributed by atoms with Gasteiger partial charge in [0.25, 0.3) is 0 Å². The Bertz CT molecular complexity index is 1280. The van der Waals surface area contributed by atoms with Gasteiger partial charge in [-0.2, -0.15) is 4.98 Å². The number of fused-ring (bicyclic) bond motifs is 2. The van der Waals surface area contributed by atoms with Gasteiger partial charge in [0.1, 0.15) is 11.7 Å². The lowest BCUT2D eigenvalue weighted by atomic mass is 9.92. The number of aliphatic imine (C=N–C) groups is 1. The summed E-state index contributed by atoms with van der Waals surface area (Å²) in [4.78, 5) is 16.1. The number of rotatable bonds is 4. The van der Waals surface area contributed by atoms with Crippen molar-refractivity contribution >= 4 is 28.7 Å². The summed E-state index contributed by atoms with van der Waals surface area (Å²) in [7, 11) is 0. The minimum absolute atomic E-state index is 0.0490. The highest BCUT2D eigenvalue weighted by Gasteiger charge is 2.43. The van der Waals surface area contributed by atoms with E-state index in [1.54, 1.807) is 4.52 Å². The van der Waals surface area contributed by atoms with Crippen LogP contribution in [0, 0.1) is 0 Å². The number of hydrogen-bond acceptors (Lipinski definition) is 8. The molecule has 6 heterocycles. The van der Waals surface area contributed by atoms with E-state index in [0.29, 0.717) is 43.5 Å². The van der Waals surface area contributed by atoms with Crippen molar-refractivity contribution in [3.63, 3.8) is 0 Å². The van der Waals surface area contributed by atoms with Crippen molar-refractivity contribution in [2.75, 3.05) is 37.4 Å². The van der Waals surface area contributed by atoms with Gasteiger partial charge in [-0.05, 0) is 51.3 Å². The average Bonchev–Trinajstić information content (AvgIpc) is 3.23. The van der Waals surface area contributed by atoms with Crippen LogP contribution < -0.4 is 11.1 Å². The molecule has 10 heteroatoms. The Labute approximate surface area is 197 Å². The molecule has 0 aliphatic carbocycles. The predicted molar refractivity (Wildman–Crippen MR) is 129 cm³/mol. The summed E-state index contributed by atoms with van der Waals surface area (Å²) >= 11 is 0. The molecular formula is C24H29FN8O. The zero-order chi connectivity index (χ0) is 23.4. The number of likely N-dealkylation sites (tertiary alicyclic amines) is 1. The number of ether oxygens (including phenoxy) is 1. The number of aryl methyl sites for hydroxylation is 1. The minimum Gasteiger partial charge on any atom is -0.382 e. The Morgan fingerprint density at radius 2 is 2.06 bits per heavy atom. The van der Waals surface area contributed by atoms with Crippen LogP contribution in [0.15, 0.2) is 29.4 Å². The van der Waals surface area contributed by atoms with E-state index in [0.717, 1.165) is 47.7 Å². The molecule has 34 heavy (non-hydrogen) atoms. The van der Waals surface area contributed by atoms with Crippen molar-refractivity contribution in [3.8, 4) is 11.3 Å². The fraction of sp³-hybridized carbons (Fsp3) is 0.500. The maximum Gasteiger partial charge on any atom is 0.243 e. The number of pyridine rings is 1. The van der Waals surface area contributed by atoms with E-state index in [1.165, 1.54) is 0 Å². The molecule has 9 nitrogen and oxygen atoms in total. The molecule has 3 aliphatic rings. The third-order valence-electron chi connectivity index (χ3n) is 7.24. The monoisotopic (exact) mass is 464 g/mol. The predicted octanol–water partition coefficient (Wildman–Crippen LogP) is 3.03. The second-order valence-electron chi connectivity index (χ2n) is 9.84. The van der Waals surface area contributed by atoms with Gasteiger partial charge < -0.3 is 15.8 Å². The molecule has 2 fully saturated rings. The summed E-state index contributed by atoms with van der Waals surface area (Å²) < 4.78 is 22.1. The number of nitrogen functional groups attached to an aromatic ring is 1. The summed E-state index contributed by atoms with van der Waals surface area (Å²) in [5, 5.41) is 7.75. The molecule has 0 spiro atoms. The molecule has 0 aromatic carbocycles. The molecule has 0 amide bonds. The van der Waals surface area contributed by atoms with Gasteiger partial charge in [-0.25, -0.2) is 8.91 Å². The average molecular weight is 465 g/mol. The van der Waals surface area contributed by atoms with E-state index in [2.05, 4.69) is 32.2 Å². The Kier molecular flexibility index (Phi) is 5.03. The molecule has 6 rings (SSSR count). The first-order valence-corrected chi connectivity index (χ1v) is 11.8. The number of piperidine rings is 1. The number of halogens is 1. The first kappa shape index (κ1) is 21.4. The third kappa shape index (κ3) is 3.61. The number of anilines is 2. The molecule has 2 atom stereocenters. The van der Waals surface area contributed by atoms with Crippen LogP contribution in [0.25, 0.3) is 16.8 Å². The van der Waals surface area contributed by atoms with Crippen LogP contribution >= 0.6 is 0 Å². The number of alkyl halides is 1. The Hall–Kier alpha value is -3.11.